The first-order valence-corrected chi connectivity index (χ1v) is 15.1. The minimum Gasteiger partial charge on any atom is -0.388 e. The summed E-state index contributed by atoms with van der Waals surface area (Å²) in [4.78, 5) is 50.1. The summed E-state index contributed by atoms with van der Waals surface area (Å²) in [5.41, 5.74) is -0.543. The number of anilines is 4. The van der Waals surface area contributed by atoms with E-state index in [-0.39, 0.29) is 29.3 Å². The molecule has 4 atom stereocenters. The summed E-state index contributed by atoms with van der Waals surface area (Å²) in [6, 6.07) is 1.62. The van der Waals surface area contributed by atoms with Crippen LogP contribution < -0.4 is 21.0 Å². The van der Waals surface area contributed by atoms with Crippen molar-refractivity contribution in [2.24, 2.45) is 0 Å². The molecule has 2 aliphatic rings. The van der Waals surface area contributed by atoms with Crippen LogP contribution in [0.1, 0.15) is 37.0 Å². The molecule has 16 nitrogen and oxygen atoms in total. The highest BCUT2D eigenvalue weighted by Crippen LogP contribution is 2.57. The molecular formula is C22H31N4O12PS. The van der Waals surface area contributed by atoms with Crippen LogP contribution in [0.5, 0.6) is 0 Å². The molecule has 1 aromatic heterocycles. The Morgan fingerprint density at radius 3 is 2.33 bits per heavy atom. The molecule has 0 amide bonds. The summed E-state index contributed by atoms with van der Waals surface area (Å²) in [5, 5.41) is 29.9. The quantitative estimate of drug-likeness (QED) is 0.137. The summed E-state index contributed by atoms with van der Waals surface area (Å²) in [6.07, 6.45) is -5.92. The normalized spacial score (nSPS) is 20.5. The van der Waals surface area contributed by atoms with Crippen LogP contribution in [0.3, 0.4) is 0 Å². The third-order valence-corrected chi connectivity index (χ3v) is 8.86. The number of phosphoric acid groups is 1. The number of aliphatic hydroxyl groups is 3. The van der Waals surface area contributed by atoms with Gasteiger partial charge >= 0.3 is 13.5 Å². The van der Waals surface area contributed by atoms with E-state index in [1.807, 2.05) is 11.9 Å². The number of aryl methyl sites for hydroxylation is 1. The van der Waals surface area contributed by atoms with Gasteiger partial charge in [-0.05, 0) is 48.4 Å². The van der Waals surface area contributed by atoms with E-state index in [2.05, 4.69) is 9.51 Å². The van der Waals surface area contributed by atoms with Gasteiger partial charge in [-0.15, -0.1) is 0 Å². The van der Waals surface area contributed by atoms with Crippen molar-refractivity contribution in [1.82, 2.24) is 9.97 Å². The predicted molar refractivity (Wildman–Crippen MR) is 142 cm³/mol. The van der Waals surface area contributed by atoms with Crippen molar-refractivity contribution in [2.75, 3.05) is 23.0 Å². The van der Waals surface area contributed by atoms with Crippen LogP contribution >= 0.6 is 7.82 Å². The van der Waals surface area contributed by atoms with Crippen molar-refractivity contribution in [3.05, 3.63) is 43.6 Å². The lowest BCUT2D eigenvalue weighted by atomic mass is 9.73. The van der Waals surface area contributed by atoms with Gasteiger partial charge in [0.05, 0.1) is 24.5 Å². The molecule has 2 aromatic rings. The van der Waals surface area contributed by atoms with Gasteiger partial charge in [0, 0.05) is 0 Å². The van der Waals surface area contributed by atoms with E-state index in [1.54, 1.807) is 26.8 Å². The van der Waals surface area contributed by atoms with Gasteiger partial charge in [0.1, 0.15) is 24.1 Å². The first-order valence-electron chi connectivity index (χ1n) is 12.0. The van der Waals surface area contributed by atoms with Crippen LogP contribution in [-0.4, -0.2) is 84.9 Å². The standard InChI is InChI=1S/C22H31N4O12PS/c1-9-5-11-16-15(10(9)2)22(3,4)6-14(40(35,36)37)26(16)17-19(23-21(31)24-20(17)30)25(11)7-12(27)18(29)13(28)8-38-39(32,33)34/h5,12-14,18,27-29H,6-8H2,1-4H3,(H2,32,33,34)(H,35,36,37)(H2,23,24,30,31)/t12-,13+,14+,18-/m0/s1. The van der Waals surface area contributed by atoms with Crippen molar-refractivity contribution in [1.29, 1.82) is 0 Å². The highest BCUT2D eigenvalue weighted by atomic mass is 32.2. The fourth-order valence-electron chi connectivity index (χ4n) is 5.45. The van der Waals surface area contributed by atoms with Gasteiger partial charge < -0.3 is 34.9 Å². The molecule has 2 aliphatic heterocycles. The molecule has 0 aliphatic carbocycles. The van der Waals surface area contributed by atoms with Gasteiger partial charge in [-0.3, -0.25) is 23.8 Å². The number of benzene rings is 1. The Kier molecular flexibility index (Phi) is 7.62. The molecule has 222 valence electrons. The number of hydrogen-bond acceptors (Lipinski definition) is 11. The third-order valence-electron chi connectivity index (χ3n) is 7.31. The monoisotopic (exact) mass is 606 g/mol. The fraction of sp³-hybridized carbons (Fsp3) is 0.545. The zero-order valence-electron chi connectivity index (χ0n) is 21.9. The molecule has 0 unspecified atom stereocenters. The van der Waals surface area contributed by atoms with E-state index in [4.69, 9.17) is 9.79 Å². The maximum Gasteiger partial charge on any atom is 0.469 e. The van der Waals surface area contributed by atoms with E-state index in [9.17, 15) is 42.4 Å². The Morgan fingerprint density at radius 1 is 1.12 bits per heavy atom. The summed E-state index contributed by atoms with van der Waals surface area (Å²) in [7, 11) is -9.79. The minimum absolute atomic E-state index is 0.117. The second-order valence-electron chi connectivity index (χ2n) is 10.6. The number of aliphatic hydroxyl groups excluding tert-OH is 3. The first kappa shape index (κ1) is 30.4. The van der Waals surface area contributed by atoms with Crippen LogP contribution in [0.25, 0.3) is 0 Å². The molecule has 0 bridgehead atoms. The number of nitrogens with one attached hydrogen (secondary N) is 2. The fourth-order valence-corrected chi connectivity index (χ4v) is 6.90. The topological polar surface area (TPSA) is 254 Å². The van der Waals surface area contributed by atoms with Gasteiger partial charge in [-0.25, -0.2) is 9.36 Å². The number of β-amino-alcohol motifs (C(OH)–C–C–N with tert-alkyl or cyclic N) is 1. The SMILES string of the molecule is Cc1cc2c3c(c1C)C(C)(C)C[C@@H](S(=O)(=O)O)N3c1c([nH]c(=O)[nH]c1=O)N2C[C@H](O)[C@H](O)[C@H](O)COP(=O)(O)O. The summed E-state index contributed by atoms with van der Waals surface area (Å²) < 4.78 is 50.7. The van der Waals surface area contributed by atoms with E-state index in [0.717, 1.165) is 16.0 Å². The number of H-pyrrole nitrogens is 2. The van der Waals surface area contributed by atoms with Crippen molar-refractivity contribution >= 4 is 40.8 Å². The Bertz CT molecular complexity index is 1610. The van der Waals surface area contributed by atoms with Gasteiger partial charge in [-0.1, -0.05) is 13.8 Å². The number of nitrogens with zero attached hydrogens (tertiary/aromatic N) is 2. The number of phosphoric ester groups is 1. The lowest BCUT2D eigenvalue weighted by molar-refractivity contribution is -0.0717. The van der Waals surface area contributed by atoms with Crippen molar-refractivity contribution in [2.45, 2.75) is 63.2 Å². The van der Waals surface area contributed by atoms with E-state index >= 15 is 0 Å². The van der Waals surface area contributed by atoms with Crippen LogP contribution in [0.2, 0.25) is 0 Å². The first-order chi connectivity index (χ1) is 18.2. The second-order valence-corrected chi connectivity index (χ2v) is 13.4. The minimum atomic E-state index is -4.99. The molecule has 0 saturated heterocycles. The second kappa shape index (κ2) is 10.0. The Balaban J connectivity index is 1.93. The van der Waals surface area contributed by atoms with E-state index < -0.39 is 71.4 Å². The van der Waals surface area contributed by atoms with Crippen molar-refractivity contribution in [3.8, 4) is 0 Å². The van der Waals surface area contributed by atoms with Crippen molar-refractivity contribution < 1.29 is 47.2 Å². The third kappa shape index (κ3) is 5.36. The van der Waals surface area contributed by atoms with Gasteiger partial charge in [0.25, 0.3) is 15.7 Å². The largest absolute Gasteiger partial charge is 0.469 e. The van der Waals surface area contributed by atoms with E-state index in [1.165, 1.54) is 4.90 Å². The van der Waals surface area contributed by atoms with Crippen LogP contribution in [0, 0.1) is 13.8 Å². The molecule has 0 radical (unpaired) electrons. The van der Waals surface area contributed by atoms with Crippen LogP contribution in [-0.2, 0) is 24.6 Å². The number of aromatic amines is 2. The van der Waals surface area contributed by atoms with Gasteiger partial charge in [-0.2, -0.15) is 8.42 Å². The Hall–Kier alpha value is -2.60. The van der Waals surface area contributed by atoms with Crippen LogP contribution in [0.15, 0.2) is 15.7 Å². The highest BCUT2D eigenvalue weighted by Gasteiger charge is 2.50. The molecule has 40 heavy (non-hydrogen) atoms. The Morgan fingerprint density at radius 2 is 1.75 bits per heavy atom. The summed E-state index contributed by atoms with van der Waals surface area (Å²) in [5.74, 6) is -0.254. The number of hydrogen-bond donors (Lipinski definition) is 8. The molecular weight excluding hydrogens is 575 g/mol. The average Bonchev–Trinajstić information content (AvgIpc) is 2.80. The Labute approximate surface area is 227 Å². The maximum atomic E-state index is 13.2. The molecule has 0 saturated carbocycles. The zero-order valence-corrected chi connectivity index (χ0v) is 23.6. The lowest BCUT2D eigenvalue weighted by Crippen LogP contribution is -2.53. The van der Waals surface area contributed by atoms with Gasteiger partial charge in [0.15, 0.2) is 11.1 Å². The van der Waals surface area contributed by atoms with E-state index in [0.29, 0.717) is 5.56 Å². The lowest BCUT2D eigenvalue weighted by Gasteiger charge is -2.50. The smallest absolute Gasteiger partial charge is 0.388 e. The molecule has 4 rings (SSSR count). The number of aromatic nitrogens is 2. The molecule has 1 aromatic carbocycles. The highest BCUT2D eigenvalue weighted by molar-refractivity contribution is 7.86. The number of rotatable bonds is 8. The predicted octanol–water partition coefficient (Wildman–Crippen LogP) is -0.643. The average molecular weight is 607 g/mol. The molecule has 0 fully saturated rings. The number of fused-ring (bicyclic) bond motifs is 2. The summed E-state index contributed by atoms with van der Waals surface area (Å²) in [6.45, 7) is 5.54. The van der Waals surface area contributed by atoms with Gasteiger partial charge in [0.2, 0.25) is 0 Å². The molecule has 8 N–H and O–H groups in total. The molecule has 18 heteroatoms. The molecule has 3 heterocycles. The van der Waals surface area contributed by atoms with Crippen LogP contribution in [0.4, 0.5) is 22.9 Å². The maximum absolute atomic E-state index is 13.2. The summed E-state index contributed by atoms with van der Waals surface area (Å²) >= 11 is 0. The van der Waals surface area contributed by atoms with Crippen molar-refractivity contribution in [3.63, 3.8) is 0 Å². The molecule has 0 spiro atoms. The zero-order chi connectivity index (χ0) is 30.1.